The number of hydrogen-bond donors (Lipinski definition) is 1. The number of amides is 1. The molecular formula is C27H29NO3. The van der Waals surface area contributed by atoms with Gasteiger partial charge in [0, 0.05) is 11.3 Å². The van der Waals surface area contributed by atoms with Crippen LogP contribution in [0.3, 0.4) is 0 Å². The molecule has 4 nitrogen and oxygen atoms in total. The molecule has 0 saturated heterocycles. The summed E-state index contributed by atoms with van der Waals surface area (Å²) in [7, 11) is 0. The third kappa shape index (κ3) is 6.82. The largest absolute Gasteiger partial charge is 0.462 e. The normalized spacial score (nSPS) is 10.5. The molecule has 0 atom stereocenters. The SMILES string of the molecule is CCCCCOC(=O)c1ccc(NC(=O)c2ccccc2CCc2ccccc2)cc1. The Bertz CT molecular complexity index is 981. The molecule has 0 aliphatic carbocycles. The van der Waals surface area contributed by atoms with Crippen LogP contribution in [-0.2, 0) is 17.6 Å². The highest BCUT2D eigenvalue weighted by atomic mass is 16.5. The number of anilines is 1. The molecule has 0 radical (unpaired) electrons. The number of aryl methyl sites for hydroxylation is 2. The minimum atomic E-state index is -0.333. The first-order valence-electron chi connectivity index (χ1n) is 10.9. The van der Waals surface area contributed by atoms with E-state index in [1.165, 1.54) is 5.56 Å². The number of hydrogen-bond acceptors (Lipinski definition) is 3. The molecule has 0 spiro atoms. The summed E-state index contributed by atoms with van der Waals surface area (Å²) in [6.45, 7) is 2.54. The van der Waals surface area contributed by atoms with Gasteiger partial charge in [0.2, 0.25) is 0 Å². The van der Waals surface area contributed by atoms with Crippen LogP contribution in [0, 0.1) is 0 Å². The van der Waals surface area contributed by atoms with Crippen molar-refractivity contribution in [2.24, 2.45) is 0 Å². The lowest BCUT2D eigenvalue weighted by molar-refractivity contribution is 0.0498. The fourth-order valence-electron chi connectivity index (χ4n) is 3.37. The first kappa shape index (κ1) is 22.3. The van der Waals surface area contributed by atoms with E-state index in [9.17, 15) is 9.59 Å². The fourth-order valence-corrected chi connectivity index (χ4v) is 3.37. The van der Waals surface area contributed by atoms with Gasteiger partial charge in [-0.2, -0.15) is 0 Å². The smallest absolute Gasteiger partial charge is 0.338 e. The molecular weight excluding hydrogens is 386 g/mol. The minimum absolute atomic E-state index is 0.154. The number of unbranched alkanes of at least 4 members (excludes halogenated alkanes) is 2. The number of carbonyl (C=O) groups excluding carboxylic acids is 2. The maximum Gasteiger partial charge on any atom is 0.338 e. The van der Waals surface area contributed by atoms with Crippen molar-refractivity contribution in [3.8, 4) is 0 Å². The van der Waals surface area contributed by atoms with Gasteiger partial charge < -0.3 is 10.1 Å². The van der Waals surface area contributed by atoms with Crippen LogP contribution in [0.15, 0.2) is 78.9 Å². The van der Waals surface area contributed by atoms with E-state index in [1.807, 2.05) is 42.5 Å². The molecule has 0 heterocycles. The molecule has 0 fully saturated rings. The van der Waals surface area contributed by atoms with E-state index in [0.717, 1.165) is 37.7 Å². The van der Waals surface area contributed by atoms with Crippen molar-refractivity contribution < 1.29 is 14.3 Å². The average Bonchev–Trinajstić information content (AvgIpc) is 2.81. The number of ether oxygens (including phenoxy) is 1. The molecule has 3 rings (SSSR count). The summed E-state index contributed by atoms with van der Waals surface area (Å²) in [5, 5.41) is 2.93. The summed E-state index contributed by atoms with van der Waals surface area (Å²) in [5.41, 5.74) is 4.05. The van der Waals surface area contributed by atoms with Gasteiger partial charge in [-0.05, 0) is 60.7 Å². The molecule has 0 aliphatic heterocycles. The van der Waals surface area contributed by atoms with Gasteiger partial charge in [0.15, 0.2) is 0 Å². The van der Waals surface area contributed by atoms with E-state index in [1.54, 1.807) is 24.3 Å². The summed E-state index contributed by atoms with van der Waals surface area (Å²) < 4.78 is 5.27. The minimum Gasteiger partial charge on any atom is -0.462 e. The zero-order valence-electron chi connectivity index (χ0n) is 18.0. The molecule has 31 heavy (non-hydrogen) atoms. The van der Waals surface area contributed by atoms with E-state index in [-0.39, 0.29) is 11.9 Å². The highest BCUT2D eigenvalue weighted by molar-refractivity contribution is 6.05. The monoisotopic (exact) mass is 415 g/mol. The summed E-state index contributed by atoms with van der Waals surface area (Å²) in [6.07, 6.45) is 4.67. The van der Waals surface area contributed by atoms with Crippen LogP contribution in [0.1, 0.15) is 58.0 Å². The van der Waals surface area contributed by atoms with Crippen LogP contribution in [0.2, 0.25) is 0 Å². The Morgan fingerprint density at radius 1 is 0.806 bits per heavy atom. The molecule has 0 aromatic heterocycles. The Morgan fingerprint density at radius 2 is 1.52 bits per heavy atom. The molecule has 0 aliphatic rings. The standard InChI is InChI=1S/C27H29NO3/c1-2-3-9-20-31-27(30)23-16-18-24(19-17-23)28-26(29)25-13-8-7-12-22(25)15-14-21-10-5-4-6-11-21/h4-8,10-13,16-19H,2-3,9,14-15,20H2,1H3,(H,28,29). The second-order valence-electron chi connectivity index (χ2n) is 7.52. The van der Waals surface area contributed by atoms with Crippen molar-refractivity contribution in [2.45, 2.75) is 39.0 Å². The summed E-state index contributed by atoms with van der Waals surface area (Å²) in [4.78, 5) is 25.0. The molecule has 1 amide bonds. The van der Waals surface area contributed by atoms with E-state index in [0.29, 0.717) is 23.4 Å². The predicted octanol–water partition coefficient (Wildman–Crippen LogP) is 6.07. The number of benzene rings is 3. The van der Waals surface area contributed by atoms with Crippen molar-refractivity contribution in [1.29, 1.82) is 0 Å². The van der Waals surface area contributed by atoms with Gasteiger partial charge in [0.05, 0.1) is 12.2 Å². The zero-order valence-corrected chi connectivity index (χ0v) is 18.0. The molecule has 0 saturated carbocycles. The van der Waals surface area contributed by atoms with E-state index in [4.69, 9.17) is 4.74 Å². The summed E-state index contributed by atoms with van der Waals surface area (Å²) in [5.74, 6) is -0.487. The maximum absolute atomic E-state index is 12.9. The van der Waals surface area contributed by atoms with E-state index in [2.05, 4.69) is 24.4 Å². The maximum atomic E-state index is 12.9. The lowest BCUT2D eigenvalue weighted by atomic mass is 9.99. The van der Waals surface area contributed by atoms with Crippen molar-refractivity contribution in [3.05, 3.63) is 101 Å². The summed E-state index contributed by atoms with van der Waals surface area (Å²) in [6, 6.07) is 24.7. The number of nitrogens with one attached hydrogen (secondary N) is 1. The van der Waals surface area contributed by atoms with Crippen molar-refractivity contribution in [3.63, 3.8) is 0 Å². The first-order chi connectivity index (χ1) is 15.2. The van der Waals surface area contributed by atoms with Gasteiger partial charge in [-0.15, -0.1) is 0 Å². The van der Waals surface area contributed by atoms with Crippen molar-refractivity contribution in [2.75, 3.05) is 11.9 Å². The Kier molecular flexibility index (Phi) is 8.41. The predicted molar refractivity (Wildman–Crippen MR) is 124 cm³/mol. The van der Waals surface area contributed by atoms with E-state index < -0.39 is 0 Å². The van der Waals surface area contributed by atoms with Crippen LogP contribution in [0.25, 0.3) is 0 Å². The topological polar surface area (TPSA) is 55.4 Å². The molecule has 4 heteroatoms. The molecule has 1 N–H and O–H groups in total. The van der Waals surface area contributed by atoms with Gasteiger partial charge in [-0.25, -0.2) is 4.79 Å². The Balaban J connectivity index is 1.59. The Hall–Kier alpha value is -3.40. The molecule has 0 bridgehead atoms. The van der Waals surface area contributed by atoms with Crippen molar-refractivity contribution in [1.82, 2.24) is 0 Å². The third-order valence-corrected chi connectivity index (χ3v) is 5.15. The van der Waals surface area contributed by atoms with Crippen LogP contribution in [0.4, 0.5) is 5.69 Å². The zero-order chi connectivity index (χ0) is 21.9. The first-order valence-corrected chi connectivity index (χ1v) is 10.9. The Morgan fingerprint density at radius 3 is 2.26 bits per heavy atom. The molecule has 3 aromatic rings. The molecule has 0 unspecified atom stereocenters. The third-order valence-electron chi connectivity index (χ3n) is 5.15. The second-order valence-corrected chi connectivity index (χ2v) is 7.52. The highest BCUT2D eigenvalue weighted by Gasteiger charge is 2.12. The fraction of sp³-hybridized carbons (Fsp3) is 0.259. The van der Waals surface area contributed by atoms with Crippen LogP contribution in [0.5, 0.6) is 0 Å². The Labute approximate surface area is 184 Å². The lowest BCUT2D eigenvalue weighted by Crippen LogP contribution is -2.15. The van der Waals surface area contributed by atoms with Crippen molar-refractivity contribution >= 4 is 17.6 Å². The summed E-state index contributed by atoms with van der Waals surface area (Å²) >= 11 is 0. The molecule has 160 valence electrons. The second kappa shape index (κ2) is 11.7. The van der Waals surface area contributed by atoms with Gasteiger partial charge in [-0.3, -0.25) is 4.79 Å². The quantitative estimate of drug-likeness (QED) is 0.323. The van der Waals surface area contributed by atoms with Gasteiger partial charge in [0.25, 0.3) is 5.91 Å². The lowest BCUT2D eigenvalue weighted by Gasteiger charge is -2.11. The van der Waals surface area contributed by atoms with Crippen LogP contribution in [-0.4, -0.2) is 18.5 Å². The highest BCUT2D eigenvalue weighted by Crippen LogP contribution is 2.17. The van der Waals surface area contributed by atoms with Gasteiger partial charge in [0.1, 0.15) is 0 Å². The van der Waals surface area contributed by atoms with Crippen LogP contribution >= 0.6 is 0 Å². The van der Waals surface area contributed by atoms with Crippen LogP contribution < -0.4 is 5.32 Å². The van der Waals surface area contributed by atoms with Gasteiger partial charge in [-0.1, -0.05) is 68.3 Å². The van der Waals surface area contributed by atoms with Gasteiger partial charge >= 0.3 is 5.97 Å². The number of carbonyl (C=O) groups is 2. The number of rotatable bonds is 10. The number of esters is 1. The van der Waals surface area contributed by atoms with E-state index >= 15 is 0 Å². The average molecular weight is 416 g/mol. The molecule has 3 aromatic carbocycles.